The summed E-state index contributed by atoms with van der Waals surface area (Å²) < 4.78 is 2.51. The van der Waals surface area contributed by atoms with Crippen molar-refractivity contribution in [3.8, 4) is 39.1 Å². The van der Waals surface area contributed by atoms with Gasteiger partial charge in [0.1, 0.15) is 17.8 Å². The Labute approximate surface area is 458 Å². The molecule has 1 aromatic heterocycles. The van der Waals surface area contributed by atoms with E-state index in [0.717, 1.165) is 62.8 Å². The quantitative estimate of drug-likeness (QED) is 0.102. The normalized spacial score (nSPS) is 20.6. The predicted octanol–water partition coefficient (Wildman–Crippen LogP) is 14.8. The second-order valence-corrected chi connectivity index (χ2v) is 26.6. The predicted molar refractivity (Wildman–Crippen MR) is 328 cm³/mol. The number of fused-ring (bicyclic) bond motifs is 3. The zero-order valence-corrected chi connectivity index (χ0v) is 44.7. The van der Waals surface area contributed by atoms with Gasteiger partial charge in [0.05, 0.1) is 16.7 Å². The number of aliphatic imine (C=N–C) groups is 2. The van der Waals surface area contributed by atoms with Crippen molar-refractivity contribution in [1.82, 2.24) is 9.88 Å². The minimum atomic E-state index is -2.83. The van der Waals surface area contributed by atoms with Crippen LogP contribution in [-0.4, -0.2) is 24.3 Å². The van der Waals surface area contributed by atoms with Gasteiger partial charge in [0.2, 0.25) is 0 Å². The number of aromatic nitrogens is 1. The molecular weight excluding hydrogens is 961 g/mol. The van der Waals surface area contributed by atoms with Gasteiger partial charge in [-0.2, -0.15) is 0 Å². The summed E-state index contributed by atoms with van der Waals surface area (Å²) in [5.74, 6) is 4.20. The van der Waals surface area contributed by atoms with Crippen LogP contribution in [0.25, 0.3) is 60.9 Å². The van der Waals surface area contributed by atoms with Crippen LogP contribution in [0.3, 0.4) is 0 Å². The molecule has 4 bridgehead atoms. The average Bonchev–Trinajstić information content (AvgIpc) is 3.90. The van der Waals surface area contributed by atoms with Crippen LogP contribution in [0.1, 0.15) is 55.8 Å². The van der Waals surface area contributed by atoms with Gasteiger partial charge in [0, 0.05) is 21.8 Å². The van der Waals surface area contributed by atoms with Gasteiger partial charge in [-0.25, -0.2) is 9.98 Å². The first kappa shape index (κ1) is 46.6. The van der Waals surface area contributed by atoms with E-state index in [1.807, 2.05) is 0 Å². The van der Waals surface area contributed by atoms with E-state index >= 15 is 0 Å². The second kappa shape index (κ2) is 19.1. The Hall–Kier alpha value is -8.64. The molecule has 16 rings (SSSR count). The van der Waals surface area contributed by atoms with Gasteiger partial charge in [-0.15, -0.1) is 0 Å². The Morgan fingerprint density at radius 3 is 1.33 bits per heavy atom. The van der Waals surface area contributed by atoms with Crippen molar-refractivity contribution in [2.45, 2.75) is 44.7 Å². The summed E-state index contributed by atoms with van der Waals surface area (Å²) in [6.45, 7) is 0. The van der Waals surface area contributed by atoms with Crippen LogP contribution < -0.4 is 26.1 Å². The van der Waals surface area contributed by atoms with E-state index in [4.69, 9.17) is 9.98 Å². The number of hydrogen-bond donors (Lipinski definition) is 1. The van der Waals surface area contributed by atoms with Crippen LogP contribution in [0, 0.1) is 23.2 Å². The Morgan fingerprint density at radius 1 is 0.397 bits per heavy atom. The summed E-state index contributed by atoms with van der Waals surface area (Å²) in [4.78, 5) is 11.6. The van der Waals surface area contributed by atoms with Crippen molar-refractivity contribution < 1.29 is 0 Å². The van der Waals surface area contributed by atoms with Crippen molar-refractivity contribution in [2.75, 3.05) is 0 Å². The Bertz CT molecular complexity index is 3850. The largest absolute Gasteiger partial charge is 0.344 e. The first-order valence-corrected chi connectivity index (χ1v) is 30.2. The van der Waals surface area contributed by atoms with E-state index in [-0.39, 0.29) is 11.6 Å². The Kier molecular flexibility index (Phi) is 11.4. The summed E-state index contributed by atoms with van der Waals surface area (Å²) in [5, 5.41) is 11.9. The maximum atomic E-state index is 5.92. The second-order valence-electron chi connectivity index (χ2n) is 22.8. The molecule has 1 N–H and O–H groups in total. The van der Waals surface area contributed by atoms with Gasteiger partial charge in [-0.3, -0.25) is 0 Å². The van der Waals surface area contributed by atoms with Gasteiger partial charge >= 0.3 is 0 Å². The molecule has 376 valence electrons. The van der Waals surface area contributed by atoms with Crippen LogP contribution in [0.5, 0.6) is 0 Å². The standard InChI is InChI=1S/C73H60N4Si/c1-7-20-53(21-8-1)57-34-37-67-64(44-57)65-45-58(54-22-9-2-10-23-54)35-38-68(65)77(67)69-39-36-59(56-26-19-33-63(43-56)78(60-27-13-4-14-28-60,61-29-15-5-16-30-61)62-31-17-6-18-32-62)46-66(69)71-74-70(55-24-11-3-12-25-55)75-72(76-71)73-47-50-40-51(48-73)42-52(41-50)49-73/h1-39,43-46,50-52,70H,40-42,47-49H2,(H,74,75,76). The highest BCUT2D eigenvalue weighted by Gasteiger charge is 2.54. The molecule has 4 fully saturated rings. The summed E-state index contributed by atoms with van der Waals surface area (Å²) in [5.41, 5.74) is 12.7. The van der Waals surface area contributed by atoms with Crippen LogP contribution in [0.15, 0.2) is 271 Å². The van der Waals surface area contributed by atoms with Crippen LogP contribution in [0.2, 0.25) is 0 Å². The van der Waals surface area contributed by atoms with E-state index in [9.17, 15) is 0 Å². The lowest BCUT2D eigenvalue weighted by molar-refractivity contribution is -0.0132. The highest BCUT2D eigenvalue weighted by atomic mass is 28.3. The van der Waals surface area contributed by atoms with E-state index in [0.29, 0.717) is 0 Å². The van der Waals surface area contributed by atoms with E-state index in [1.54, 1.807) is 0 Å². The molecule has 11 aromatic rings. The fourth-order valence-electron chi connectivity index (χ4n) is 15.0. The number of amidine groups is 2. The van der Waals surface area contributed by atoms with Crippen LogP contribution in [0.4, 0.5) is 0 Å². The third-order valence-corrected chi connectivity index (χ3v) is 22.9. The number of benzene rings is 10. The molecule has 4 nitrogen and oxygen atoms in total. The first-order chi connectivity index (χ1) is 38.6. The molecule has 1 atom stereocenters. The molecule has 0 spiro atoms. The highest BCUT2D eigenvalue weighted by Crippen LogP contribution is 2.61. The van der Waals surface area contributed by atoms with Crippen molar-refractivity contribution in [3.63, 3.8) is 0 Å². The minimum Gasteiger partial charge on any atom is -0.344 e. The molecule has 4 saturated carbocycles. The lowest BCUT2D eigenvalue weighted by atomic mass is 9.49. The monoisotopic (exact) mass is 1020 g/mol. The van der Waals surface area contributed by atoms with Gasteiger partial charge in [0.15, 0.2) is 8.07 Å². The van der Waals surface area contributed by atoms with Crippen molar-refractivity contribution in [2.24, 2.45) is 33.2 Å². The van der Waals surface area contributed by atoms with Crippen LogP contribution in [-0.2, 0) is 0 Å². The molecule has 78 heavy (non-hydrogen) atoms. The fraction of sp³-hybridized carbons (Fsp3) is 0.151. The highest BCUT2D eigenvalue weighted by molar-refractivity contribution is 7.19. The van der Waals surface area contributed by atoms with Crippen molar-refractivity contribution in [1.29, 1.82) is 0 Å². The molecule has 2 heterocycles. The third-order valence-electron chi connectivity index (χ3n) is 18.1. The smallest absolute Gasteiger partial charge is 0.179 e. The van der Waals surface area contributed by atoms with Crippen molar-refractivity contribution >= 4 is 62.3 Å². The summed E-state index contributed by atoms with van der Waals surface area (Å²) in [6.07, 6.45) is 7.37. The van der Waals surface area contributed by atoms with E-state index in [1.165, 1.54) is 97.9 Å². The van der Waals surface area contributed by atoms with Gasteiger partial charge in [-0.1, -0.05) is 224 Å². The Balaban J connectivity index is 0.976. The summed E-state index contributed by atoms with van der Waals surface area (Å²) in [6, 6.07) is 97.0. The van der Waals surface area contributed by atoms with E-state index in [2.05, 4.69) is 271 Å². The fourth-order valence-corrected chi connectivity index (χ4v) is 19.8. The maximum absolute atomic E-state index is 5.92. The SMILES string of the molecule is c1ccc(-c2ccc3c(c2)c2cc(-c4ccccc4)ccc2n3-c2ccc(-c3cccc([Si](c4ccccc4)(c4ccccc4)c4ccccc4)c3)cc2C2=NC(C34CC5CC(CC(C5)C3)C4)=NC(c3ccccc3)N2)cc1. The first-order valence-electron chi connectivity index (χ1n) is 28.2. The number of hydrogen-bond acceptors (Lipinski definition) is 3. The van der Waals surface area contributed by atoms with Gasteiger partial charge in [0.25, 0.3) is 0 Å². The molecule has 1 unspecified atom stereocenters. The summed E-state index contributed by atoms with van der Waals surface area (Å²) in [7, 11) is -2.83. The molecule has 5 aliphatic rings. The summed E-state index contributed by atoms with van der Waals surface area (Å²) >= 11 is 0. The van der Waals surface area contributed by atoms with Crippen LogP contribution >= 0.6 is 0 Å². The number of nitrogens with one attached hydrogen (secondary N) is 1. The minimum absolute atomic E-state index is 0.0178. The lowest BCUT2D eigenvalue weighted by Crippen LogP contribution is -2.74. The molecule has 4 aliphatic carbocycles. The molecule has 5 heteroatoms. The topological polar surface area (TPSA) is 41.7 Å². The third kappa shape index (κ3) is 7.93. The average molecular weight is 1020 g/mol. The molecule has 10 aromatic carbocycles. The number of nitrogens with zero attached hydrogens (tertiary/aromatic N) is 3. The zero-order chi connectivity index (χ0) is 51.6. The number of rotatable bonds is 11. The molecule has 0 amide bonds. The van der Waals surface area contributed by atoms with Gasteiger partial charge in [-0.05, 0) is 152 Å². The molecule has 1 aliphatic heterocycles. The maximum Gasteiger partial charge on any atom is 0.179 e. The molecule has 0 saturated heterocycles. The lowest BCUT2D eigenvalue weighted by Gasteiger charge is -2.56. The van der Waals surface area contributed by atoms with Crippen molar-refractivity contribution in [3.05, 3.63) is 272 Å². The van der Waals surface area contributed by atoms with Gasteiger partial charge < -0.3 is 9.88 Å². The molecule has 0 radical (unpaired) electrons. The Morgan fingerprint density at radius 2 is 0.821 bits per heavy atom. The molecular formula is C73H60N4Si. The zero-order valence-electron chi connectivity index (χ0n) is 43.7. The van der Waals surface area contributed by atoms with E-state index < -0.39 is 8.07 Å².